The molecule has 1 saturated heterocycles. The summed E-state index contributed by atoms with van der Waals surface area (Å²) in [5.41, 5.74) is 8.10. The first-order chi connectivity index (χ1) is 9.65. The average molecular weight is 274 g/mol. The van der Waals surface area contributed by atoms with Crippen molar-refractivity contribution in [1.82, 2.24) is 14.7 Å². The molecule has 0 saturated carbocycles. The summed E-state index contributed by atoms with van der Waals surface area (Å²) in [5.74, 6) is 0. The lowest BCUT2D eigenvalue weighted by atomic mass is 10.0. The number of fused-ring (bicyclic) bond motifs is 1. The van der Waals surface area contributed by atoms with Crippen LogP contribution in [0, 0.1) is 0 Å². The zero-order valence-corrected chi connectivity index (χ0v) is 11.9. The number of benzene rings is 1. The van der Waals surface area contributed by atoms with Gasteiger partial charge in [0.15, 0.2) is 0 Å². The Kier molecular flexibility index (Phi) is 3.74. The van der Waals surface area contributed by atoms with E-state index in [2.05, 4.69) is 10.00 Å². The molecule has 1 fully saturated rings. The molecule has 0 amide bonds. The summed E-state index contributed by atoms with van der Waals surface area (Å²) in [6, 6.07) is 5.67. The van der Waals surface area contributed by atoms with Gasteiger partial charge < -0.3 is 15.7 Å². The van der Waals surface area contributed by atoms with Crippen LogP contribution in [0.1, 0.15) is 24.5 Å². The number of likely N-dealkylation sites (tertiary alicyclic amines) is 1. The van der Waals surface area contributed by atoms with E-state index in [0.717, 1.165) is 36.1 Å². The zero-order chi connectivity index (χ0) is 14.1. The van der Waals surface area contributed by atoms with Crippen LogP contribution in [0.15, 0.2) is 24.4 Å². The van der Waals surface area contributed by atoms with Gasteiger partial charge in [0.2, 0.25) is 0 Å². The highest BCUT2D eigenvalue weighted by Crippen LogP contribution is 2.22. The Labute approximate surface area is 119 Å². The quantitative estimate of drug-likeness (QED) is 0.874. The van der Waals surface area contributed by atoms with Gasteiger partial charge in [-0.3, -0.25) is 4.68 Å². The van der Waals surface area contributed by atoms with Gasteiger partial charge in [-0.1, -0.05) is 6.07 Å². The summed E-state index contributed by atoms with van der Waals surface area (Å²) in [7, 11) is 1.91. The summed E-state index contributed by atoms with van der Waals surface area (Å²) < 4.78 is 1.83. The maximum atomic E-state index is 10.4. The van der Waals surface area contributed by atoms with Crippen molar-refractivity contribution in [1.29, 1.82) is 0 Å². The number of aryl methyl sites for hydroxylation is 1. The first-order valence-corrected chi connectivity index (χ1v) is 7.23. The van der Waals surface area contributed by atoms with Crippen molar-refractivity contribution in [2.24, 2.45) is 12.8 Å². The lowest BCUT2D eigenvalue weighted by Crippen LogP contribution is -2.40. The van der Waals surface area contributed by atoms with Gasteiger partial charge in [-0.25, -0.2) is 0 Å². The smallest absolute Gasteiger partial charge is 0.0953 e. The van der Waals surface area contributed by atoms with E-state index in [0.29, 0.717) is 0 Å². The van der Waals surface area contributed by atoms with Gasteiger partial charge in [0.25, 0.3) is 0 Å². The fourth-order valence-corrected chi connectivity index (χ4v) is 2.98. The second-order valence-electron chi connectivity index (χ2n) is 5.70. The van der Waals surface area contributed by atoms with E-state index < -0.39 is 6.10 Å². The largest absolute Gasteiger partial charge is 0.387 e. The van der Waals surface area contributed by atoms with Crippen LogP contribution in [0.25, 0.3) is 10.9 Å². The summed E-state index contributed by atoms with van der Waals surface area (Å²) in [4.78, 5) is 2.33. The average Bonchev–Trinajstić information content (AvgIpc) is 3.08. The van der Waals surface area contributed by atoms with Crippen LogP contribution in [-0.2, 0) is 7.05 Å². The third kappa shape index (κ3) is 2.57. The molecule has 5 heteroatoms. The van der Waals surface area contributed by atoms with Crippen LogP contribution in [0.5, 0.6) is 0 Å². The maximum absolute atomic E-state index is 10.4. The Balaban J connectivity index is 1.75. The molecule has 108 valence electrons. The van der Waals surface area contributed by atoms with Gasteiger partial charge in [-0.2, -0.15) is 5.10 Å². The summed E-state index contributed by atoms with van der Waals surface area (Å²) in [5, 5.41) is 15.7. The Bertz CT molecular complexity index is 589. The van der Waals surface area contributed by atoms with Gasteiger partial charge >= 0.3 is 0 Å². The highest BCUT2D eigenvalue weighted by molar-refractivity contribution is 5.79. The minimum Gasteiger partial charge on any atom is -0.387 e. The molecule has 1 aromatic heterocycles. The van der Waals surface area contributed by atoms with Crippen LogP contribution < -0.4 is 5.73 Å². The molecule has 20 heavy (non-hydrogen) atoms. The van der Waals surface area contributed by atoms with Crippen molar-refractivity contribution >= 4 is 10.9 Å². The van der Waals surface area contributed by atoms with Crippen molar-refractivity contribution in [2.45, 2.75) is 25.0 Å². The van der Waals surface area contributed by atoms with E-state index in [1.165, 1.54) is 12.8 Å². The molecule has 2 atom stereocenters. The monoisotopic (exact) mass is 274 g/mol. The third-order valence-electron chi connectivity index (χ3n) is 4.19. The van der Waals surface area contributed by atoms with Crippen LogP contribution in [0.3, 0.4) is 0 Å². The van der Waals surface area contributed by atoms with E-state index in [1.54, 1.807) is 0 Å². The molecule has 1 unspecified atom stereocenters. The minimum absolute atomic E-state index is 0.248. The predicted molar refractivity (Wildman–Crippen MR) is 79.3 cm³/mol. The van der Waals surface area contributed by atoms with Crippen molar-refractivity contribution in [2.75, 3.05) is 19.6 Å². The number of hydrogen-bond acceptors (Lipinski definition) is 4. The lowest BCUT2D eigenvalue weighted by molar-refractivity contribution is 0.125. The van der Waals surface area contributed by atoms with Gasteiger partial charge in [-0.15, -0.1) is 0 Å². The predicted octanol–water partition coefficient (Wildman–Crippen LogP) is 1.03. The first-order valence-electron chi connectivity index (χ1n) is 7.23. The highest BCUT2D eigenvalue weighted by Gasteiger charge is 2.22. The molecular weight excluding hydrogens is 252 g/mol. The molecule has 1 aliphatic rings. The molecule has 3 N–H and O–H groups in total. The SMILES string of the molecule is Cn1ncc2cc(C(O)[C@H](N)CN3CCCC3)ccc21. The summed E-state index contributed by atoms with van der Waals surface area (Å²) in [6.45, 7) is 2.95. The van der Waals surface area contributed by atoms with E-state index in [-0.39, 0.29) is 6.04 Å². The zero-order valence-electron chi connectivity index (χ0n) is 11.9. The third-order valence-corrected chi connectivity index (χ3v) is 4.19. The molecule has 0 spiro atoms. The number of hydrogen-bond donors (Lipinski definition) is 2. The topological polar surface area (TPSA) is 67.3 Å². The molecule has 2 aromatic rings. The maximum Gasteiger partial charge on any atom is 0.0953 e. The number of rotatable bonds is 4. The van der Waals surface area contributed by atoms with Crippen molar-refractivity contribution in [3.63, 3.8) is 0 Å². The fourth-order valence-electron chi connectivity index (χ4n) is 2.98. The molecule has 0 radical (unpaired) electrons. The molecular formula is C15H22N4O. The normalized spacial score (nSPS) is 19.6. The molecule has 5 nitrogen and oxygen atoms in total. The highest BCUT2D eigenvalue weighted by atomic mass is 16.3. The molecule has 0 aliphatic carbocycles. The molecule has 1 aromatic carbocycles. The minimum atomic E-state index is -0.625. The van der Waals surface area contributed by atoms with Gasteiger partial charge in [0.05, 0.1) is 17.8 Å². The second kappa shape index (κ2) is 5.52. The van der Waals surface area contributed by atoms with Crippen molar-refractivity contribution in [3.05, 3.63) is 30.0 Å². The molecule has 0 bridgehead atoms. The number of nitrogens with two attached hydrogens (primary N) is 1. The van der Waals surface area contributed by atoms with Gasteiger partial charge in [0, 0.05) is 25.0 Å². The number of aliphatic hydroxyl groups is 1. The molecule has 1 aliphatic heterocycles. The van der Waals surface area contributed by atoms with E-state index in [9.17, 15) is 5.11 Å². The van der Waals surface area contributed by atoms with Gasteiger partial charge in [0.1, 0.15) is 0 Å². The van der Waals surface area contributed by atoms with Gasteiger partial charge in [-0.05, 0) is 43.6 Å². The second-order valence-corrected chi connectivity index (χ2v) is 5.70. The molecule has 2 heterocycles. The van der Waals surface area contributed by atoms with E-state index in [1.807, 2.05) is 36.1 Å². The molecule has 3 rings (SSSR count). The van der Waals surface area contributed by atoms with E-state index >= 15 is 0 Å². The van der Waals surface area contributed by atoms with Crippen molar-refractivity contribution in [3.8, 4) is 0 Å². The lowest BCUT2D eigenvalue weighted by Gasteiger charge is -2.24. The first kappa shape index (κ1) is 13.5. The Morgan fingerprint density at radius 3 is 2.85 bits per heavy atom. The fraction of sp³-hybridized carbons (Fsp3) is 0.533. The standard InChI is InChI=1S/C15H22N4O/c1-18-14-5-4-11(8-12(14)9-17-18)15(20)13(16)10-19-6-2-3-7-19/h4-5,8-9,13,15,20H,2-3,6-7,10,16H2,1H3/t13-,15?/m1/s1. The van der Waals surface area contributed by atoms with Crippen LogP contribution in [-0.4, -0.2) is 45.5 Å². The van der Waals surface area contributed by atoms with Crippen LogP contribution in [0.4, 0.5) is 0 Å². The summed E-state index contributed by atoms with van der Waals surface area (Å²) >= 11 is 0. The Morgan fingerprint density at radius 1 is 1.35 bits per heavy atom. The number of aliphatic hydroxyl groups excluding tert-OH is 1. The number of nitrogens with zero attached hydrogens (tertiary/aromatic N) is 3. The Morgan fingerprint density at radius 2 is 2.10 bits per heavy atom. The van der Waals surface area contributed by atoms with E-state index in [4.69, 9.17) is 5.73 Å². The Hall–Kier alpha value is -1.43. The van der Waals surface area contributed by atoms with Crippen molar-refractivity contribution < 1.29 is 5.11 Å². The number of aromatic nitrogens is 2. The van der Waals surface area contributed by atoms with Crippen LogP contribution >= 0.6 is 0 Å². The van der Waals surface area contributed by atoms with Crippen LogP contribution in [0.2, 0.25) is 0 Å². The summed E-state index contributed by atoms with van der Waals surface area (Å²) in [6.07, 6.45) is 3.67.